The lowest BCUT2D eigenvalue weighted by molar-refractivity contribution is -0.113. The summed E-state index contributed by atoms with van der Waals surface area (Å²) in [5, 5.41) is 0. The Hall–Kier alpha value is -1.37. The molecule has 144 valence electrons. The summed E-state index contributed by atoms with van der Waals surface area (Å²) < 4.78 is 0. The summed E-state index contributed by atoms with van der Waals surface area (Å²) in [5.41, 5.74) is 7.52. The third-order valence-corrected chi connectivity index (χ3v) is 6.48. The first kappa shape index (κ1) is 20.9. The molecule has 0 saturated carbocycles. The van der Waals surface area contributed by atoms with Gasteiger partial charge in [-0.2, -0.15) is 0 Å². The van der Waals surface area contributed by atoms with E-state index in [4.69, 9.17) is 0 Å². The highest BCUT2D eigenvalue weighted by Crippen LogP contribution is 2.46. The Balaban J connectivity index is 2.27. The maximum Gasteiger partial charge on any atom is 0.155 e. The van der Waals surface area contributed by atoms with Gasteiger partial charge in [-0.15, -0.1) is 0 Å². The third-order valence-electron chi connectivity index (χ3n) is 6.48. The van der Waals surface area contributed by atoms with Gasteiger partial charge in [0.25, 0.3) is 0 Å². The second-order valence-corrected chi connectivity index (χ2v) is 9.78. The zero-order valence-corrected chi connectivity index (χ0v) is 18.3. The molecule has 1 heteroatoms. The summed E-state index contributed by atoms with van der Waals surface area (Å²) in [6.45, 7) is 17.9. The lowest BCUT2D eigenvalue weighted by atomic mass is 9.62. The van der Waals surface area contributed by atoms with Gasteiger partial charge in [-0.3, -0.25) is 4.79 Å². The molecule has 0 N–H and O–H groups in total. The predicted octanol–water partition coefficient (Wildman–Crippen LogP) is 6.84. The highest BCUT2D eigenvalue weighted by Gasteiger charge is 2.37. The van der Waals surface area contributed by atoms with Crippen molar-refractivity contribution in [3.05, 3.63) is 46.0 Å². The molecule has 1 atom stereocenters. The fourth-order valence-corrected chi connectivity index (χ4v) is 4.33. The molecule has 0 heterocycles. The van der Waals surface area contributed by atoms with Gasteiger partial charge in [0, 0.05) is 0 Å². The molecule has 0 fully saturated rings. The molecular formula is C25H38O. The number of carbonyl (C=O) groups excluding carboxylic acids is 1. The number of fused-ring (bicyclic) bond motifs is 1. The van der Waals surface area contributed by atoms with Crippen LogP contribution in [0.25, 0.3) is 0 Å². The average molecular weight is 355 g/mol. The Morgan fingerprint density at radius 1 is 1.12 bits per heavy atom. The van der Waals surface area contributed by atoms with Crippen LogP contribution in [0.3, 0.4) is 0 Å². The van der Waals surface area contributed by atoms with Crippen molar-refractivity contribution in [1.82, 2.24) is 0 Å². The van der Waals surface area contributed by atoms with E-state index in [2.05, 4.69) is 66.7 Å². The number of Topliss-reactive ketones (excluding diaryl/α,β-unsaturated/α-hetero) is 1. The highest BCUT2D eigenvalue weighted by molar-refractivity contribution is 5.93. The van der Waals surface area contributed by atoms with E-state index in [1.54, 1.807) is 18.1 Å². The molecule has 1 aromatic rings. The van der Waals surface area contributed by atoms with Crippen molar-refractivity contribution in [3.63, 3.8) is 0 Å². The Morgan fingerprint density at radius 2 is 1.65 bits per heavy atom. The minimum Gasteiger partial charge on any atom is -0.295 e. The van der Waals surface area contributed by atoms with Crippen LogP contribution in [0.5, 0.6) is 0 Å². The Morgan fingerprint density at radius 3 is 2.15 bits per heavy atom. The van der Waals surface area contributed by atoms with Crippen LogP contribution in [-0.2, 0) is 22.0 Å². The average Bonchev–Trinajstić information content (AvgIpc) is 2.53. The maximum absolute atomic E-state index is 11.6. The van der Waals surface area contributed by atoms with Crippen LogP contribution in [0.4, 0.5) is 0 Å². The zero-order chi connectivity index (χ0) is 19.7. The third kappa shape index (κ3) is 4.48. The summed E-state index contributed by atoms with van der Waals surface area (Å²) in [5.74, 6) is 0.765. The van der Waals surface area contributed by atoms with E-state index in [9.17, 15) is 4.79 Å². The van der Waals surface area contributed by atoms with Crippen LogP contribution in [-0.4, -0.2) is 5.78 Å². The molecule has 1 nitrogen and oxygen atoms in total. The molecule has 2 rings (SSSR count). The Bertz CT molecular complexity index is 703. The van der Waals surface area contributed by atoms with Gasteiger partial charge < -0.3 is 0 Å². The number of ketones is 1. The lowest BCUT2D eigenvalue weighted by Crippen LogP contribution is -2.34. The number of hydrogen-bond donors (Lipinski definition) is 0. The number of rotatable bonds is 6. The van der Waals surface area contributed by atoms with Crippen molar-refractivity contribution in [1.29, 1.82) is 0 Å². The monoisotopic (exact) mass is 354 g/mol. The second kappa shape index (κ2) is 7.71. The lowest BCUT2D eigenvalue weighted by Gasteiger charge is -2.42. The van der Waals surface area contributed by atoms with Gasteiger partial charge >= 0.3 is 0 Å². The van der Waals surface area contributed by atoms with E-state index in [0.717, 1.165) is 24.8 Å². The largest absolute Gasteiger partial charge is 0.295 e. The second-order valence-electron chi connectivity index (χ2n) is 9.78. The normalized spacial score (nSPS) is 19.8. The molecule has 1 unspecified atom stereocenters. The number of benzene rings is 1. The molecule has 1 aliphatic rings. The van der Waals surface area contributed by atoms with Crippen LogP contribution in [0.15, 0.2) is 23.8 Å². The van der Waals surface area contributed by atoms with Gasteiger partial charge in [0.2, 0.25) is 0 Å². The highest BCUT2D eigenvalue weighted by atomic mass is 16.1. The molecular weight excluding hydrogens is 316 g/mol. The van der Waals surface area contributed by atoms with Gasteiger partial charge in [-0.05, 0) is 90.5 Å². The SMILES string of the molecule is CC/C(=C\CC(C)Cc1cc2c(cc1C)C(C)(C)CCC2(C)C)C(C)=O. The zero-order valence-electron chi connectivity index (χ0n) is 18.3. The molecule has 0 amide bonds. The molecule has 0 saturated heterocycles. The van der Waals surface area contributed by atoms with Crippen LogP contribution < -0.4 is 0 Å². The molecule has 1 aromatic carbocycles. The Labute approximate surface area is 161 Å². The molecule has 0 aliphatic heterocycles. The number of aryl methyl sites for hydroxylation is 1. The van der Waals surface area contributed by atoms with Crippen molar-refractivity contribution < 1.29 is 4.79 Å². The number of allylic oxidation sites excluding steroid dienone is 2. The smallest absolute Gasteiger partial charge is 0.155 e. The van der Waals surface area contributed by atoms with Crippen molar-refractivity contribution >= 4 is 5.78 Å². The van der Waals surface area contributed by atoms with Crippen LogP contribution >= 0.6 is 0 Å². The van der Waals surface area contributed by atoms with E-state index >= 15 is 0 Å². The number of hydrogen-bond acceptors (Lipinski definition) is 1. The van der Waals surface area contributed by atoms with Crippen LogP contribution in [0.2, 0.25) is 0 Å². The molecule has 0 radical (unpaired) electrons. The van der Waals surface area contributed by atoms with Crippen molar-refractivity contribution in [2.24, 2.45) is 5.92 Å². The van der Waals surface area contributed by atoms with E-state index < -0.39 is 0 Å². The fourth-order valence-electron chi connectivity index (χ4n) is 4.33. The molecule has 0 spiro atoms. The number of carbonyl (C=O) groups is 1. The van der Waals surface area contributed by atoms with E-state index in [1.807, 2.05) is 0 Å². The summed E-state index contributed by atoms with van der Waals surface area (Å²) in [7, 11) is 0. The first-order chi connectivity index (χ1) is 12.0. The Kier molecular flexibility index (Phi) is 6.20. The van der Waals surface area contributed by atoms with Crippen LogP contribution in [0.1, 0.15) is 96.4 Å². The molecule has 0 bridgehead atoms. The quantitative estimate of drug-likeness (QED) is 0.511. The van der Waals surface area contributed by atoms with Gasteiger partial charge in [0.05, 0.1) is 0 Å². The topological polar surface area (TPSA) is 17.1 Å². The predicted molar refractivity (Wildman–Crippen MR) is 113 cm³/mol. The van der Waals surface area contributed by atoms with Crippen molar-refractivity contribution in [2.45, 2.75) is 98.3 Å². The van der Waals surface area contributed by atoms with Gasteiger partial charge in [-0.1, -0.05) is 59.8 Å². The maximum atomic E-state index is 11.6. The standard InChI is InChI=1S/C25H38O/c1-9-20(19(4)26)11-10-17(2)14-21-16-23-22(15-18(21)3)24(5,6)12-13-25(23,7)8/h11,15-17H,9-10,12-14H2,1-8H3/b20-11+. The fraction of sp³-hybridized carbons (Fsp3) is 0.640. The summed E-state index contributed by atoms with van der Waals surface area (Å²) in [6, 6.07) is 4.96. The van der Waals surface area contributed by atoms with E-state index in [-0.39, 0.29) is 16.6 Å². The van der Waals surface area contributed by atoms with Gasteiger partial charge in [-0.25, -0.2) is 0 Å². The van der Waals surface area contributed by atoms with E-state index in [1.165, 1.54) is 24.0 Å². The van der Waals surface area contributed by atoms with Crippen molar-refractivity contribution in [2.75, 3.05) is 0 Å². The molecule has 1 aliphatic carbocycles. The summed E-state index contributed by atoms with van der Waals surface area (Å²) in [4.78, 5) is 11.6. The first-order valence-electron chi connectivity index (χ1n) is 10.3. The van der Waals surface area contributed by atoms with Gasteiger partial charge in [0.1, 0.15) is 0 Å². The van der Waals surface area contributed by atoms with Crippen LogP contribution in [0, 0.1) is 12.8 Å². The summed E-state index contributed by atoms with van der Waals surface area (Å²) in [6.07, 6.45) is 7.58. The minimum absolute atomic E-state index is 0.216. The first-order valence-corrected chi connectivity index (χ1v) is 10.3. The molecule has 0 aromatic heterocycles. The summed E-state index contributed by atoms with van der Waals surface area (Å²) >= 11 is 0. The van der Waals surface area contributed by atoms with Crippen molar-refractivity contribution in [3.8, 4) is 0 Å². The minimum atomic E-state index is 0.216. The molecule has 26 heavy (non-hydrogen) atoms. The van der Waals surface area contributed by atoms with E-state index in [0.29, 0.717) is 5.92 Å². The van der Waals surface area contributed by atoms with Gasteiger partial charge in [0.15, 0.2) is 5.78 Å².